The molecule has 0 fully saturated rings. The molecule has 2 aromatic heterocycles. The lowest BCUT2D eigenvalue weighted by atomic mass is 10.1. The first-order chi connectivity index (χ1) is 18.3. The van der Waals surface area contributed by atoms with E-state index in [-0.39, 0.29) is 0 Å². The van der Waals surface area contributed by atoms with Crippen molar-refractivity contribution in [1.82, 2.24) is 9.97 Å². The van der Waals surface area contributed by atoms with Crippen LogP contribution in [0.4, 0.5) is 0 Å². The maximum Gasteiger partial charge on any atom is 0.0707 e. The normalized spacial score (nSPS) is 11.7. The zero-order valence-electron chi connectivity index (χ0n) is 20.2. The van der Waals surface area contributed by atoms with Crippen LogP contribution >= 0.6 is 11.8 Å². The van der Waals surface area contributed by atoms with E-state index in [1.54, 1.807) is 11.8 Å². The zero-order chi connectivity index (χ0) is 24.9. The molecule has 0 bridgehead atoms. The Labute approximate surface area is 221 Å². The number of fused-ring (bicyclic) bond motifs is 2. The SMILES string of the molecule is C(=C\c1ccc2cccnc2c1)/c1ccc(Sc2ccc(/C=C/c3ccc4cccnc4c3)cc2)cc1. The Morgan fingerprint density at radius 3 is 1.30 bits per heavy atom. The van der Waals surface area contributed by atoms with E-state index in [2.05, 4.69) is 131 Å². The van der Waals surface area contributed by atoms with E-state index in [1.165, 1.54) is 20.9 Å². The summed E-state index contributed by atoms with van der Waals surface area (Å²) in [5.74, 6) is 0. The monoisotopic (exact) mass is 492 g/mol. The van der Waals surface area contributed by atoms with Crippen molar-refractivity contribution in [3.63, 3.8) is 0 Å². The number of benzene rings is 4. The molecule has 2 heterocycles. The van der Waals surface area contributed by atoms with Gasteiger partial charge in [-0.25, -0.2) is 0 Å². The fourth-order valence-corrected chi connectivity index (χ4v) is 5.01. The average molecular weight is 493 g/mol. The Hall–Kier alpha value is -4.47. The van der Waals surface area contributed by atoms with E-state index >= 15 is 0 Å². The van der Waals surface area contributed by atoms with Crippen LogP contribution in [0.25, 0.3) is 46.1 Å². The van der Waals surface area contributed by atoms with Gasteiger partial charge < -0.3 is 0 Å². The van der Waals surface area contributed by atoms with Crippen molar-refractivity contribution >= 4 is 57.9 Å². The van der Waals surface area contributed by atoms with Crippen LogP contribution in [0.3, 0.4) is 0 Å². The Balaban J connectivity index is 1.08. The lowest BCUT2D eigenvalue weighted by molar-refractivity contribution is 1.40. The van der Waals surface area contributed by atoms with Gasteiger partial charge in [0.1, 0.15) is 0 Å². The average Bonchev–Trinajstić information content (AvgIpc) is 2.96. The van der Waals surface area contributed by atoms with Crippen LogP contribution < -0.4 is 0 Å². The van der Waals surface area contributed by atoms with Gasteiger partial charge in [0, 0.05) is 33.0 Å². The number of hydrogen-bond donors (Lipinski definition) is 0. The molecule has 0 amide bonds. The third kappa shape index (κ3) is 5.69. The molecule has 4 aromatic carbocycles. The summed E-state index contributed by atoms with van der Waals surface area (Å²) >= 11 is 1.77. The van der Waals surface area contributed by atoms with Crippen molar-refractivity contribution in [1.29, 1.82) is 0 Å². The number of hydrogen-bond acceptors (Lipinski definition) is 3. The fourth-order valence-electron chi connectivity index (χ4n) is 4.19. The molecular formula is C34H24N2S. The predicted octanol–water partition coefficient (Wildman–Crippen LogP) is 9.27. The van der Waals surface area contributed by atoms with Gasteiger partial charge in [-0.15, -0.1) is 0 Å². The summed E-state index contributed by atoms with van der Waals surface area (Å²) < 4.78 is 0. The topological polar surface area (TPSA) is 25.8 Å². The van der Waals surface area contributed by atoms with Crippen molar-refractivity contribution in [2.45, 2.75) is 9.79 Å². The van der Waals surface area contributed by atoms with Crippen LogP contribution in [0, 0.1) is 0 Å². The van der Waals surface area contributed by atoms with Crippen molar-refractivity contribution in [2.75, 3.05) is 0 Å². The molecule has 2 nitrogen and oxygen atoms in total. The summed E-state index contributed by atoms with van der Waals surface area (Å²) in [7, 11) is 0. The van der Waals surface area contributed by atoms with Crippen LogP contribution in [0.2, 0.25) is 0 Å². The second-order valence-electron chi connectivity index (χ2n) is 8.82. The highest BCUT2D eigenvalue weighted by Gasteiger charge is 1.99. The van der Waals surface area contributed by atoms with Gasteiger partial charge in [-0.1, -0.05) is 96.7 Å². The van der Waals surface area contributed by atoms with E-state index in [1.807, 2.05) is 24.5 Å². The predicted molar refractivity (Wildman–Crippen MR) is 158 cm³/mol. The Kier molecular flexibility index (Phi) is 6.61. The third-order valence-corrected chi connectivity index (χ3v) is 7.21. The van der Waals surface area contributed by atoms with E-state index in [0.717, 1.165) is 32.9 Å². The molecule has 0 aliphatic rings. The Bertz CT molecular complexity index is 1600. The van der Waals surface area contributed by atoms with Gasteiger partial charge in [-0.05, 0) is 70.8 Å². The highest BCUT2D eigenvalue weighted by atomic mass is 32.2. The molecule has 0 N–H and O–H groups in total. The molecule has 0 saturated heterocycles. The molecule has 37 heavy (non-hydrogen) atoms. The van der Waals surface area contributed by atoms with Crippen LogP contribution in [0.5, 0.6) is 0 Å². The minimum Gasteiger partial charge on any atom is -0.256 e. The van der Waals surface area contributed by atoms with Crippen LogP contribution in [-0.4, -0.2) is 9.97 Å². The van der Waals surface area contributed by atoms with E-state index < -0.39 is 0 Å². The molecule has 0 radical (unpaired) electrons. The van der Waals surface area contributed by atoms with Gasteiger partial charge in [0.2, 0.25) is 0 Å². The first-order valence-electron chi connectivity index (χ1n) is 12.2. The van der Waals surface area contributed by atoms with Crippen LogP contribution in [-0.2, 0) is 0 Å². The smallest absolute Gasteiger partial charge is 0.0707 e. The Morgan fingerprint density at radius 1 is 0.432 bits per heavy atom. The van der Waals surface area contributed by atoms with Gasteiger partial charge in [0.15, 0.2) is 0 Å². The van der Waals surface area contributed by atoms with E-state index in [0.29, 0.717) is 0 Å². The standard InChI is InChI=1S/C34H24N2S/c1-3-29-15-9-27(23-33(29)35-21-1)7-5-25-11-17-31(18-12-25)37-32-19-13-26(14-20-32)6-8-28-10-16-30-4-2-22-36-34(30)24-28/h1-24H/b7-5+,8-6+. The highest BCUT2D eigenvalue weighted by molar-refractivity contribution is 7.99. The molecule has 0 saturated carbocycles. The van der Waals surface area contributed by atoms with Crippen molar-refractivity contribution in [2.24, 2.45) is 0 Å². The van der Waals surface area contributed by atoms with Gasteiger partial charge in [0.05, 0.1) is 11.0 Å². The highest BCUT2D eigenvalue weighted by Crippen LogP contribution is 2.29. The summed E-state index contributed by atoms with van der Waals surface area (Å²) in [6.45, 7) is 0. The van der Waals surface area contributed by atoms with Crippen LogP contribution in [0.15, 0.2) is 131 Å². The van der Waals surface area contributed by atoms with Crippen molar-refractivity contribution in [3.05, 3.63) is 144 Å². The molecule has 0 unspecified atom stereocenters. The molecule has 0 aliphatic carbocycles. The molecule has 0 aliphatic heterocycles. The second kappa shape index (κ2) is 10.7. The minimum absolute atomic E-state index is 1.02. The molecule has 3 heteroatoms. The quantitative estimate of drug-likeness (QED) is 0.217. The second-order valence-corrected chi connectivity index (χ2v) is 9.96. The summed E-state index contributed by atoms with van der Waals surface area (Å²) in [6, 6.07) is 38.2. The molecule has 176 valence electrons. The zero-order valence-corrected chi connectivity index (χ0v) is 21.0. The molecular weight excluding hydrogens is 468 g/mol. The number of aromatic nitrogens is 2. The number of rotatable bonds is 6. The van der Waals surface area contributed by atoms with Gasteiger partial charge in [-0.2, -0.15) is 0 Å². The van der Waals surface area contributed by atoms with Crippen molar-refractivity contribution in [3.8, 4) is 0 Å². The maximum atomic E-state index is 4.45. The van der Waals surface area contributed by atoms with Gasteiger partial charge in [0.25, 0.3) is 0 Å². The minimum atomic E-state index is 1.02. The molecule has 0 atom stereocenters. The van der Waals surface area contributed by atoms with Gasteiger partial charge >= 0.3 is 0 Å². The lowest BCUT2D eigenvalue weighted by Gasteiger charge is -2.04. The van der Waals surface area contributed by atoms with Crippen LogP contribution in [0.1, 0.15) is 22.3 Å². The summed E-state index contributed by atoms with van der Waals surface area (Å²) in [4.78, 5) is 11.3. The van der Waals surface area contributed by atoms with Crippen molar-refractivity contribution < 1.29 is 0 Å². The largest absolute Gasteiger partial charge is 0.256 e. The summed E-state index contributed by atoms with van der Waals surface area (Å²) in [5, 5.41) is 2.32. The summed E-state index contributed by atoms with van der Waals surface area (Å²) in [5.41, 5.74) is 6.68. The summed E-state index contributed by atoms with van der Waals surface area (Å²) in [6.07, 6.45) is 12.2. The first-order valence-corrected chi connectivity index (χ1v) is 13.0. The van der Waals surface area contributed by atoms with E-state index in [4.69, 9.17) is 0 Å². The molecule has 6 aromatic rings. The third-order valence-electron chi connectivity index (χ3n) is 6.19. The Morgan fingerprint density at radius 2 is 0.838 bits per heavy atom. The maximum absolute atomic E-state index is 4.45. The molecule has 6 rings (SSSR count). The van der Waals surface area contributed by atoms with Gasteiger partial charge in [-0.3, -0.25) is 9.97 Å². The first kappa shape index (κ1) is 23.0. The lowest BCUT2D eigenvalue weighted by Crippen LogP contribution is -1.80. The molecule has 0 spiro atoms. The number of nitrogens with zero attached hydrogens (tertiary/aromatic N) is 2. The number of pyridine rings is 2. The fraction of sp³-hybridized carbons (Fsp3) is 0. The van der Waals surface area contributed by atoms with E-state index in [9.17, 15) is 0 Å².